The molecule has 1 aliphatic heterocycles. The molecule has 1 aromatic heterocycles. The highest BCUT2D eigenvalue weighted by Crippen LogP contribution is 2.37. The van der Waals surface area contributed by atoms with Crippen LogP contribution in [0.2, 0.25) is 0 Å². The number of aromatic nitrogens is 1. The summed E-state index contributed by atoms with van der Waals surface area (Å²) >= 11 is 0. The third-order valence-electron chi connectivity index (χ3n) is 5.06. The summed E-state index contributed by atoms with van der Waals surface area (Å²) in [5, 5.41) is 0.554. The van der Waals surface area contributed by atoms with Gasteiger partial charge in [0, 0.05) is 43.4 Å². The highest BCUT2D eigenvalue weighted by Gasteiger charge is 2.31. The molecule has 0 bridgehead atoms. The lowest BCUT2D eigenvalue weighted by Gasteiger charge is -2.33. The lowest BCUT2D eigenvalue weighted by atomic mass is 10.1. The Morgan fingerprint density at radius 2 is 1.56 bits per heavy atom. The molecule has 0 saturated carbocycles. The molecule has 27 heavy (non-hydrogen) atoms. The number of nitrogens with zero attached hydrogens (tertiary/aromatic N) is 3. The molecule has 142 valence electrons. The number of piperazine rings is 1. The van der Waals surface area contributed by atoms with Gasteiger partial charge in [0.1, 0.15) is 5.82 Å². The van der Waals surface area contributed by atoms with E-state index in [0.29, 0.717) is 16.6 Å². The van der Waals surface area contributed by atoms with Crippen LogP contribution in [0, 0.1) is 5.82 Å². The maximum Gasteiger partial charge on any atom is 0.416 e. The Labute approximate surface area is 154 Å². The van der Waals surface area contributed by atoms with Gasteiger partial charge in [-0.1, -0.05) is 0 Å². The summed E-state index contributed by atoms with van der Waals surface area (Å²) in [5.41, 5.74) is 1.49. The highest BCUT2D eigenvalue weighted by atomic mass is 19.4. The third-order valence-corrected chi connectivity index (χ3v) is 5.06. The molecule has 3 aromatic rings. The van der Waals surface area contributed by atoms with E-state index < -0.39 is 11.7 Å². The van der Waals surface area contributed by atoms with E-state index in [1.165, 1.54) is 24.3 Å². The zero-order valence-electron chi connectivity index (χ0n) is 14.8. The summed E-state index contributed by atoms with van der Waals surface area (Å²) in [5.74, 6) is -0.353. The number of benzene rings is 2. The van der Waals surface area contributed by atoms with Gasteiger partial charge in [-0.05, 0) is 49.5 Å². The van der Waals surface area contributed by atoms with Crippen molar-refractivity contribution in [2.45, 2.75) is 6.18 Å². The minimum atomic E-state index is -4.40. The summed E-state index contributed by atoms with van der Waals surface area (Å²) in [6.07, 6.45) is -2.55. The van der Waals surface area contributed by atoms with Crippen LogP contribution in [0.25, 0.3) is 16.6 Å². The van der Waals surface area contributed by atoms with E-state index >= 15 is 0 Å². The molecule has 0 radical (unpaired) electrons. The van der Waals surface area contributed by atoms with E-state index in [9.17, 15) is 17.6 Å². The first-order valence-electron chi connectivity index (χ1n) is 8.75. The lowest BCUT2D eigenvalue weighted by molar-refractivity contribution is -0.137. The van der Waals surface area contributed by atoms with Crippen LogP contribution in [0.4, 0.5) is 23.2 Å². The average Bonchev–Trinajstić information content (AvgIpc) is 3.01. The van der Waals surface area contributed by atoms with Crippen LogP contribution in [-0.4, -0.2) is 42.7 Å². The quantitative estimate of drug-likeness (QED) is 0.608. The van der Waals surface area contributed by atoms with E-state index in [1.54, 1.807) is 12.1 Å². The number of anilines is 1. The number of rotatable bonds is 2. The van der Waals surface area contributed by atoms with Gasteiger partial charge < -0.3 is 14.4 Å². The number of halogens is 4. The lowest BCUT2D eigenvalue weighted by Crippen LogP contribution is -2.44. The topological polar surface area (TPSA) is 11.4 Å². The maximum atomic E-state index is 13.3. The Hall–Kier alpha value is -2.54. The number of likely N-dealkylation sites (N-methyl/N-ethyl adjacent to an activating group) is 1. The van der Waals surface area contributed by atoms with Crippen LogP contribution in [0.15, 0.2) is 48.7 Å². The maximum absolute atomic E-state index is 13.3. The van der Waals surface area contributed by atoms with Gasteiger partial charge in [0.15, 0.2) is 0 Å². The molecule has 0 amide bonds. The molecule has 4 rings (SSSR count). The van der Waals surface area contributed by atoms with Gasteiger partial charge in [-0.3, -0.25) is 0 Å². The molecule has 0 unspecified atom stereocenters. The zero-order valence-corrected chi connectivity index (χ0v) is 14.8. The first-order valence-corrected chi connectivity index (χ1v) is 8.75. The molecular weight excluding hydrogens is 358 g/mol. The summed E-state index contributed by atoms with van der Waals surface area (Å²) in [7, 11) is 2.03. The van der Waals surface area contributed by atoms with Crippen molar-refractivity contribution in [2.24, 2.45) is 0 Å². The smallest absolute Gasteiger partial charge is 0.367 e. The van der Waals surface area contributed by atoms with E-state index in [2.05, 4.69) is 9.80 Å². The van der Waals surface area contributed by atoms with Crippen molar-refractivity contribution in [3.8, 4) is 5.69 Å². The zero-order chi connectivity index (χ0) is 19.2. The molecule has 3 nitrogen and oxygen atoms in total. The van der Waals surface area contributed by atoms with Crippen molar-refractivity contribution in [3.63, 3.8) is 0 Å². The Morgan fingerprint density at radius 1 is 0.889 bits per heavy atom. The monoisotopic (exact) mass is 377 g/mol. The van der Waals surface area contributed by atoms with Crippen molar-refractivity contribution in [3.05, 3.63) is 60.0 Å². The Balaban J connectivity index is 1.88. The molecule has 0 atom stereocenters. The summed E-state index contributed by atoms with van der Waals surface area (Å²) in [6, 6.07) is 9.74. The summed E-state index contributed by atoms with van der Waals surface area (Å²) < 4.78 is 54.8. The number of alkyl halides is 3. The van der Waals surface area contributed by atoms with Crippen LogP contribution in [-0.2, 0) is 6.18 Å². The minimum absolute atomic E-state index is 0.353. The highest BCUT2D eigenvalue weighted by molar-refractivity contribution is 5.95. The second kappa shape index (κ2) is 6.56. The van der Waals surface area contributed by atoms with Gasteiger partial charge in [-0.15, -0.1) is 0 Å². The van der Waals surface area contributed by atoms with E-state index in [4.69, 9.17) is 0 Å². The largest absolute Gasteiger partial charge is 0.416 e. The number of fused-ring (bicyclic) bond motifs is 1. The Kier molecular flexibility index (Phi) is 4.34. The molecule has 2 heterocycles. The van der Waals surface area contributed by atoms with Gasteiger partial charge in [0.2, 0.25) is 0 Å². The fourth-order valence-electron chi connectivity index (χ4n) is 3.50. The summed E-state index contributed by atoms with van der Waals surface area (Å²) in [6.45, 7) is 3.19. The SMILES string of the molecule is CN1CCN(c2cn(-c3ccc(F)cc3)c3ccc(C(F)(F)F)cc23)CC1. The fraction of sp³-hybridized carbons (Fsp3) is 0.300. The standard InChI is InChI=1S/C20H19F4N3/c1-25-8-10-26(11-9-25)19-13-27(16-5-3-15(21)4-6-16)18-7-2-14(12-17(18)19)20(22,23)24/h2-7,12-13H,8-11H2,1H3. The predicted molar refractivity (Wildman–Crippen MR) is 97.9 cm³/mol. The minimum Gasteiger partial charge on any atom is -0.367 e. The number of hydrogen-bond donors (Lipinski definition) is 0. The average molecular weight is 377 g/mol. The molecular formula is C20H19F4N3. The van der Waals surface area contributed by atoms with Gasteiger partial charge in [0.05, 0.1) is 16.8 Å². The Bertz CT molecular complexity index is 952. The van der Waals surface area contributed by atoms with Crippen LogP contribution in [0.3, 0.4) is 0 Å². The molecule has 1 aliphatic rings. The third kappa shape index (κ3) is 3.39. The van der Waals surface area contributed by atoms with Crippen molar-refractivity contribution in [1.82, 2.24) is 9.47 Å². The molecule has 0 spiro atoms. The Morgan fingerprint density at radius 3 is 2.19 bits per heavy atom. The van der Waals surface area contributed by atoms with Gasteiger partial charge in [0.25, 0.3) is 0 Å². The van der Waals surface area contributed by atoms with E-state index in [-0.39, 0.29) is 5.82 Å². The number of hydrogen-bond acceptors (Lipinski definition) is 2. The van der Waals surface area contributed by atoms with Crippen LogP contribution in [0.5, 0.6) is 0 Å². The van der Waals surface area contributed by atoms with Crippen LogP contribution >= 0.6 is 0 Å². The second-order valence-electron chi connectivity index (χ2n) is 6.88. The molecule has 1 saturated heterocycles. The molecule has 0 N–H and O–H groups in total. The van der Waals surface area contributed by atoms with E-state index in [0.717, 1.165) is 37.9 Å². The first-order chi connectivity index (χ1) is 12.8. The molecule has 0 aliphatic carbocycles. The fourth-order valence-corrected chi connectivity index (χ4v) is 3.50. The normalized spacial score (nSPS) is 16.3. The van der Waals surface area contributed by atoms with Gasteiger partial charge in [-0.25, -0.2) is 4.39 Å². The van der Waals surface area contributed by atoms with E-state index in [1.807, 2.05) is 17.8 Å². The van der Waals surface area contributed by atoms with Crippen molar-refractivity contribution < 1.29 is 17.6 Å². The predicted octanol–water partition coefficient (Wildman–Crippen LogP) is 4.54. The molecule has 2 aromatic carbocycles. The van der Waals surface area contributed by atoms with Crippen molar-refractivity contribution >= 4 is 16.6 Å². The van der Waals surface area contributed by atoms with Gasteiger partial charge >= 0.3 is 6.18 Å². The van der Waals surface area contributed by atoms with Gasteiger partial charge in [-0.2, -0.15) is 13.2 Å². The summed E-state index contributed by atoms with van der Waals surface area (Å²) in [4.78, 5) is 4.30. The van der Waals surface area contributed by atoms with Crippen LogP contribution < -0.4 is 4.90 Å². The van der Waals surface area contributed by atoms with Crippen molar-refractivity contribution in [1.29, 1.82) is 0 Å². The van der Waals surface area contributed by atoms with Crippen molar-refractivity contribution in [2.75, 3.05) is 38.1 Å². The molecule has 7 heteroatoms. The molecule has 1 fully saturated rings. The second-order valence-corrected chi connectivity index (χ2v) is 6.88. The first kappa shape index (κ1) is 17.9. The van der Waals surface area contributed by atoms with Crippen LogP contribution in [0.1, 0.15) is 5.56 Å².